The van der Waals surface area contributed by atoms with Gasteiger partial charge < -0.3 is 24.7 Å². The average Bonchev–Trinajstić information content (AvgIpc) is 3.24. The summed E-state index contributed by atoms with van der Waals surface area (Å²) < 4.78 is 18.9. The van der Waals surface area contributed by atoms with Crippen LogP contribution in [-0.4, -0.2) is 45.1 Å². The second-order valence-electron chi connectivity index (χ2n) is 9.59. The van der Waals surface area contributed by atoms with Crippen LogP contribution in [0.15, 0.2) is 23.2 Å². The zero-order valence-electron chi connectivity index (χ0n) is 21.2. The number of esters is 1. The highest BCUT2D eigenvalue weighted by atomic mass is 32.1. The normalized spacial score (nSPS) is 11.1. The Balaban J connectivity index is 0.000000518. The minimum Gasteiger partial charge on any atom is -0.460 e. The van der Waals surface area contributed by atoms with Crippen LogP contribution < -0.4 is 5.73 Å². The highest BCUT2D eigenvalue weighted by Gasteiger charge is 2.24. The fourth-order valence-electron chi connectivity index (χ4n) is 1.69. The topological polar surface area (TPSA) is 140 Å². The molecule has 2 aromatic heterocycles. The van der Waals surface area contributed by atoms with E-state index in [1.165, 1.54) is 22.7 Å². The Morgan fingerprint density at radius 1 is 0.765 bits per heavy atom. The summed E-state index contributed by atoms with van der Waals surface area (Å²) in [6.45, 7) is 15.6. The summed E-state index contributed by atoms with van der Waals surface area (Å²) >= 11 is 2.91. The number of aromatic nitrogens is 2. The number of nitrogen functional groups attached to an aromatic ring is 1. The molecule has 2 aromatic rings. The van der Waals surface area contributed by atoms with Gasteiger partial charge in [-0.2, -0.15) is 0 Å². The summed E-state index contributed by atoms with van der Waals surface area (Å²) in [6.07, 6.45) is 1.52. The van der Waals surface area contributed by atoms with Crippen molar-refractivity contribution in [3.05, 3.63) is 28.2 Å². The molecule has 34 heavy (non-hydrogen) atoms. The van der Waals surface area contributed by atoms with Crippen LogP contribution in [0.25, 0.3) is 0 Å². The molecular weight excluding hydrogens is 482 g/mol. The van der Waals surface area contributed by atoms with Gasteiger partial charge >= 0.3 is 18.3 Å². The second kappa shape index (κ2) is 13.9. The Hall–Kier alpha value is -2.73. The highest BCUT2D eigenvalue weighted by molar-refractivity contribution is 7.13. The van der Waals surface area contributed by atoms with E-state index in [2.05, 4.69) is 14.7 Å². The molecule has 0 aliphatic rings. The summed E-state index contributed by atoms with van der Waals surface area (Å²) in [5, 5.41) is 5.12. The molecule has 192 valence electrons. The first-order chi connectivity index (χ1) is 15.4. The third-order valence-corrected chi connectivity index (χ3v) is 3.98. The van der Waals surface area contributed by atoms with Crippen molar-refractivity contribution in [1.82, 2.24) is 9.97 Å². The van der Waals surface area contributed by atoms with Crippen LogP contribution in [0.4, 0.5) is 14.7 Å². The number of carbonyl (C=O) groups excluding carboxylic acids is 3. The van der Waals surface area contributed by atoms with E-state index >= 15 is 0 Å². The number of ether oxygens (including phenoxy) is 4. The first kappa shape index (κ1) is 31.3. The van der Waals surface area contributed by atoms with Crippen molar-refractivity contribution >= 4 is 46.1 Å². The predicted octanol–water partition coefficient (Wildman–Crippen LogP) is 5.63. The quantitative estimate of drug-likeness (QED) is 0.303. The fourth-order valence-corrected chi connectivity index (χ4v) is 2.67. The van der Waals surface area contributed by atoms with Gasteiger partial charge in [0.1, 0.15) is 21.8 Å². The van der Waals surface area contributed by atoms with Gasteiger partial charge in [-0.05, 0) is 62.3 Å². The van der Waals surface area contributed by atoms with Gasteiger partial charge in [0.25, 0.3) is 0 Å². The van der Waals surface area contributed by atoms with Gasteiger partial charge in [-0.1, -0.05) is 0 Å². The predicted molar refractivity (Wildman–Crippen MR) is 132 cm³/mol. The molecule has 12 heteroatoms. The molecule has 0 spiro atoms. The van der Waals surface area contributed by atoms with Crippen molar-refractivity contribution < 1.29 is 33.3 Å². The Morgan fingerprint density at radius 3 is 1.50 bits per heavy atom. The minimum absolute atomic E-state index is 0.220. The zero-order chi connectivity index (χ0) is 26.6. The lowest BCUT2D eigenvalue weighted by molar-refractivity contribution is -0.153. The molecule has 0 aliphatic heterocycles. The number of hydrogen-bond acceptors (Lipinski definition) is 12. The van der Waals surface area contributed by atoms with Gasteiger partial charge in [-0.3, -0.25) is 4.79 Å². The summed E-state index contributed by atoms with van der Waals surface area (Å²) in [5.41, 5.74) is 3.39. The molecule has 0 unspecified atom stereocenters. The highest BCUT2D eigenvalue weighted by Crippen LogP contribution is 2.12. The van der Waals surface area contributed by atoms with Crippen LogP contribution >= 0.6 is 22.7 Å². The molecule has 0 aromatic carbocycles. The van der Waals surface area contributed by atoms with Crippen LogP contribution in [0.5, 0.6) is 0 Å². The molecule has 2 rings (SSSR count). The minimum atomic E-state index is -1.06. The average molecular weight is 518 g/mol. The van der Waals surface area contributed by atoms with E-state index in [0.29, 0.717) is 5.13 Å². The third kappa shape index (κ3) is 19.9. The van der Waals surface area contributed by atoms with Gasteiger partial charge in [-0.15, -0.1) is 22.7 Å². The Labute approximate surface area is 208 Å². The third-order valence-electron chi connectivity index (χ3n) is 2.60. The largest absolute Gasteiger partial charge is 0.519 e. The van der Waals surface area contributed by atoms with E-state index in [1.807, 2.05) is 31.5 Å². The number of carbonyl (C=O) groups is 3. The summed E-state index contributed by atoms with van der Waals surface area (Å²) in [7, 11) is 0. The lowest BCUT2D eigenvalue weighted by Gasteiger charge is -2.20. The van der Waals surface area contributed by atoms with Gasteiger partial charge in [0, 0.05) is 23.2 Å². The lowest BCUT2D eigenvalue weighted by atomic mass is 10.2. The van der Waals surface area contributed by atoms with Crippen molar-refractivity contribution in [1.29, 1.82) is 0 Å². The van der Waals surface area contributed by atoms with E-state index in [1.54, 1.807) is 53.9 Å². The van der Waals surface area contributed by atoms with Gasteiger partial charge in [0.15, 0.2) is 5.13 Å². The molecule has 2 heterocycles. The van der Waals surface area contributed by atoms with Crippen molar-refractivity contribution in [2.24, 2.45) is 0 Å². The molecule has 0 fully saturated rings. The standard InChI is InChI=1S/C10H18O5.C9H13NO2S.C3H4N2S/c1-9(2,3)14-7(11)13-8(12)15-10(4,5)6;1-9(2,3)12-8(11)6-7-10-4-5-13-7;4-3-5-1-2-6-3/h1-6H3;4-5H,6H2,1-3H3;1-2H,(H2,4,5). The number of rotatable bonds is 2. The Bertz CT molecular complexity index is 838. The van der Waals surface area contributed by atoms with Crippen molar-refractivity contribution in [2.45, 2.75) is 85.5 Å². The van der Waals surface area contributed by atoms with Crippen LogP contribution in [0.1, 0.15) is 67.3 Å². The van der Waals surface area contributed by atoms with E-state index in [4.69, 9.17) is 19.9 Å². The van der Waals surface area contributed by atoms with Crippen LogP contribution in [0, 0.1) is 0 Å². The molecule has 0 radical (unpaired) electrons. The molecule has 0 saturated heterocycles. The maximum Gasteiger partial charge on any atom is 0.519 e. The van der Waals surface area contributed by atoms with Crippen molar-refractivity contribution in [3.63, 3.8) is 0 Å². The Morgan fingerprint density at radius 2 is 1.21 bits per heavy atom. The molecule has 0 atom stereocenters. The SMILES string of the molecule is CC(C)(C)OC(=O)Cc1nccs1.CC(C)(C)OC(=O)OC(=O)OC(C)(C)C.Nc1nccs1. The number of nitrogens with two attached hydrogens (primary N) is 1. The molecule has 0 aliphatic carbocycles. The van der Waals surface area contributed by atoms with Gasteiger partial charge in [0.2, 0.25) is 0 Å². The number of anilines is 1. The number of nitrogens with zero attached hydrogens (tertiary/aromatic N) is 2. The first-order valence-corrected chi connectivity index (χ1v) is 12.0. The van der Waals surface area contributed by atoms with Crippen molar-refractivity contribution in [3.8, 4) is 0 Å². The number of thiazole rings is 2. The molecular formula is C22H35N3O7S2. The maximum atomic E-state index is 11.3. The van der Waals surface area contributed by atoms with Crippen molar-refractivity contribution in [2.75, 3.05) is 5.73 Å². The molecule has 0 bridgehead atoms. The lowest BCUT2D eigenvalue weighted by Crippen LogP contribution is -2.29. The van der Waals surface area contributed by atoms with E-state index in [9.17, 15) is 14.4 Å². The van der Waals surface area contributed by atoms with E-state index in [0.717, 1.165) is 5.01 Å². The summed E-state index contributed by atoms with van der Waals surface area (Å²) in [5.74, 6) is -0.220. The van der Waals surface area contributed by atoms with Crippen LogP contribution in [-0.2, 0) is 30.2 Å². The summed E-state index contributed by atoms with van der Waals surface area (Å²) in [4.78, 5) is 41.0. The monoisotopic (exact) mass is 517 g/mol. The Kier molecular flexibility index (Phi) is 12.7. The van der Waals surface area contributed by atoms with E-state index in [-0.39, 0.29) is 12.4 Å². The van der Waals surface area contributed by atoms with Gasteiger partial charge in [0.05, 0.1) is 6.42 Å². The van der Waals surface area contributed by atoms with Crippen LogP contribution in [0.2, 0.25) is 0 Å². The first-order valence-electron chi connectivity index (χ1n) is 10.3. The number of hydrogen-bond donors (Lipinski definition) is 1. The zero-order valence-corrected chi connectivity index (χ0v) is 22.8. The van der Waals surface area contributed by atoms with Gasteiger partial charge in [-0.25, -0.2) is 19.6 Å². The molecule has 10 nitrogen and oxygen atoms in total. The smallest absolute Gasteiger partial charge is 0.460 e. The van der Waals surface area contributed by atoms with E-state index < -0.39 is 29.1 Å². The molecule has 0 saturated carbocycles. The fraction of sp³-hybridized carbons (Fsp3) is 0.591. The second-order valence-corrected chi connectivity index (χ2v) is 11.5. The molecule has 2 N–H and O–H groups in total. The molecule has 0 amide bonds. The maximum absolute atomic E-state index is 11.3. The summed E-state index contributed by atoms with van der Waals surface area (Å²) in [6, 6.07) is 0. The van der Waals surface area contributed by atoms with Crippen LogP contribution in [0.3, 0.4) is 0 Å².